The molecular formula is C19H19ClN2O3. The van der Waals surface area contributed by atoms with Crippen LogP contribution in [0.3, 0.4) is 0 Å². The summed E-state index contributed by atoms with van der Waals surface area (Å²) < 4.78 is 5.48. The molecule has 2 heterocycles. The first-order chi connectivity index (χ1) is 12.1. The van der Waals surface area contributed by atoms with E-state index in [0.29, 0.717) is 18.7 Å². The average molecular weight is 359 g/mol. The van der Waals surface area contributed by atoms with Crippen LogP contribution in [0.5, 0.6) is 5.75 Å². The van der Waals surface area contributed by atoms with Gasteiger partial charge in [0, 0.05) is 23.7 Å². The lowest BCUT2D eigenvalue weighted by molar-refractivity contribution is -0.119. The van der Waals surface area contributed by atoms with Crippen molar-refractivity contribution in [2.45, 2.75) is 25.8 Å². The molecule has 0 unspecified atom stereocenters. The first-order valence-electron chi connectivity index (χ1n) is 8.20. The largest absolute Gasteiger partial charge is 0.494 e. The summed E-state index contributed by atoms with van der Waals surface area (Å²) in [5, 5.41) is 3.07. The highest BCUT2D eigenvalue weighted by Gasteiger charge is 2.20. The maximum Gasteiger partial charge on any atom is 0.267 e. The molecule has 0 spiro atoms. The number of carbonyl (C=O) groups is 1. The van der Waals surface area contributed by atoms with Crippen molar-refractivity contribution >= 4 is 23.1 Å². The molecule has 1 atom stereocenters. The first kappa shape index (κ1) is 17.3. The van der Waals surface area contributed by atoms with Gasteiger partial charge in [0.1, 0.15) is 10.8 Å². The van der Waals surface area contributed by atoms with Gasteiger partial charge < -0.3 is 15.0 Å². The zero-order chi connectivity index (χ0) is 17.8. The maximum absolute atomic E-state index is 11.9. The van der Waals surface area contributed by atoms with Gasteiger partial charge in [0.05, 0.1) is 6.61 Å². The minimum atomic E-state index is -0.341. The minimum Gasteiger partial charge on any atom is -0.494 e. The molecule has 0 bridgehead atoms. The number of aromatic nitrogens is 1. The highest BCUT2D eigenvalue weighted by atomic mass is 35.5. The number of amides is 1. The van der Waals surface area contributed by atoms with Gasteiger partial charge in [0.15, 0.2) is 0 Å². The second-order valence-corrected chi connectivity index (χ2v) is 6.21. The number of hydrogen-bond acceptors (Lipinski definition) is 3. The van der Waals surface area contributed by atoms with Crippen molar-refractivity contribution in [3.05, 3.63) is 69.1 Å². The zero-order valence-corrected chi connectivity index (χ0v) is 14.6. The van der Waals surface area contributed by atoms with Gasteiger partial charge in [-0.1, -0.05) is 29.8 Å². The molecule has 0 radical (unpaired) electrons. The molecular weight excluding hydrogens is 340 g/mol. The molecule has 5 nitrogen and oxygen atoms in total. The topological polar surface area (TPSA) is 71.2 Å². The Morgan fingerprint density at radius 2 is 2.00 bits per heavy atom. The average Bonchev–Trinajstić information content (AvgIpc) is 3.02. The van der Waals surface area contributed by atoms with E-state index in [9.17, 15) is 9.59 Å². The molecule has 1 aliphatic rings. The normalized spacial score (nSPS) is 17.4. The number of halogens is 1. The maximum atomic E-state index is 11.9. The van der Waals surface area contributed by atoms with Gasteiger partial charge >= 0.3 is 0 Å². The monoisotopic (exact) mass is 358 g/mol. The summed E-state index contributed by atoms with van der Waals surface area (Å²) in [5.41, 5.74) is 2.07. The SMILES string of the molecule is CCOc1ccc(/C(=C/[C@H]2CCC(=O)N2)c2ccc(Cl)c(=O)[nH]2)cc1. The lowest BCUT2D eigenvalue weighted by atomic mass is 9.99. The van der Waals surface area contributed by atoms with Crippen LogP contribution in [-0.2, 0) is 4.79 Å². The van der Waals surface area contributed by atoms with E-state index in [0.717, 1.165) is 23.3 Å². The second kappa shape index (κ2) is 7.57. The van der Waals surface area contributed by atoms with Gasteiger partial charge in [-0.05, 0) is 43.2 Å². The Morgan fingerprint density at radius 3 is 2.60 bits per heavy atom. The fourth-order valence-electron chi connectivity index (χ4n) is 2.82. The van der Waals surface area contributed by atoms with E-state index in [-0.39, 0.29) is 22.5 Å². The smallest absolute Gasteiger partial charge is 0.267 e. The summed E-state index contributed by atoms with van der Waals surface area (Å²) in [7, 11) is 0. The summed E-state index contributed by atoms with van der Waals surface area (Å²) in [4.78, 5) is 26.2. The number of aromatic amines is 1. The number of nitrogens with one attached hydrogen (secondary N) is 2. The minimum absolute atomic E-state index is 0.0388. The van der Waals surface area contributed by atoms with Crippen LogP contribution < -0.4 is 15.6 Å². The predicted molar refractivity (Wildman–Crippen MR) is 97.9 cm³/mol. The van der Waals surface area contributed by atoms with Crippen molar-refractivity contribution < 1.29 is 9.53 Å². The second-order valence-electron chi connectivity index (χ2n) is 5.80. The third kappa shape index (κ3) is 4.12. The van der Waals surface area contributed by atoms with Crippen LogP contribution >= 0.6 is 11.6 Å². The van der Waals surface area contributed by atoms with E-state index >= 15 is 0 Å². The number of H-pyrrole nitrogens is 1. The van der Waals surface area contributed by atoms with Crippen LogP contribution in [0.4, 0.5) is 0 Å². The standard InChI is InChI=1S/C19H19ClN2O3/c1-2-25-14-6-3-12(4-7-14)15(11-13-5-10-18(23)21-13)17-9-8-16(20)19(24)22-17/h3-4,6-9,11,13H,2,5,10H2,1H3,(H,21,23)(H,22,24)/b15-11-/t13-/m1/s1. The van der Waals surface area contributed by atoms with Gasteiger partial charge in [-0.25, -0.2) is 0 Å². The number of rotatable bonds is 5. The summed E-state index contributed by atoms with van der Waals surface area (Å²) in [6.45, 7) is 2.53. The predicted octanol–water partition coefficient (Wildman–Crippen LogP) is 3.14. The van der Waals surface area contributed by atoms with E-state index in [2.05, 4.69) is 10.3 Å². The molecule has 1 aromatic heterocycles. The number of ether oxygens (including phenoxy) is 1. The molecule has 1 fully saturated rings. The highest BCUT2D eigenvalue weighted by molar-refractivity contribution is 6.30. The highest BCUT2D eigenvalue weighted by Crippen LogP contribution is 2.26. The first-order valence-corrected chi connectivity index (χ1v) is 8.58. The number of pyridine rings is 1. The van der Waals surface area contributed by atoms with Gasteiger partial charge in [-0.15, -0.1) is 0 Å². The molecule has 0 aliphatic carbocycles. The molecule has 25 heavy (non-hydrogen) atoms. The lowest BCUT2D eigenvalue weighted by Gasteiger charge is -2.13. The molecule has 2 N–H and O–H groups in total. The Kier molecular flexibility index (Phi) is 5.24. The van der Waals surface area contributed by atoms with Gasteiger partial charge in [0.2, 0.25) is 5.91 Å². The van der Waals surface area contributed by atoms with E-state index in [1.165, 1.54) is 0 Å². The van der Waals surface area contributed by atoms with Gasteiger partial charge in [-0.2, -0.15) is 0 Å². The number of carbonyl (C=O) groups excluding carboxylic acids is 1. The fraction of sp³-hybridized carbons (Fsp3) is 0.263. The van der Waals surface area contributed by atoms with Gasteiger partial charge in [-0.3, -0.25) is 9.59 Å². The van der Waals surface area contributed by atoms with Crippen molar-refractivity contribution in [2.24, 2.45) is 0 Å². The molecule has 1 aromatic carbocycles. The van der Waals surface area contributed by atoms with Crippen molar-refractivity contribution in [2.75, 3.05) is 6.61 Å². The van der Waals surface area contributed by atoms with Crippen LogP contribution in [0.2, 0.25) is 5.02 Å². The van der Waals surface area contributed by atoms with Crippen molar-refractivity contribution in [3.63, 3.8) is 0 Å². The van der Waals surface area contributed by atoms with Crippen LogP contribution in [0, 0.1) is 0 Å². The van der Waals surface area contributed by atoms with Crippen molar-refractivity contribution in [1.29, 1.82) is 0 Å². The van der Waals surface area contributed by atoms with Gasteiger partial charge in [0.25, 0.3) is 5.56 Å². The Balaban J connectivity index is 2.01. The van der Waals surface area contributed by atoms with E-state index in [4.69, 9.17) is 16.3 Å². The van der Waals surface area contributed by atoms with Crippen LogP contribution in [0.15, 0.2) is 47.3 Å². The summed E-state index contributed by atoms with van der Waals surface area (Å²) >= 11 is 5.84. The third-order valence-corrected chi connectivity index (χ3v) is 4.32. The molecule has 1 aliphatic heterocycles. The Hall–Kier alpha value is -2.53. The summed E-state index contributed by atoms with van der Waals surface area (Å²) in [6, 6.07) is 10.9. The van der Waals surface area contributed by atoms with Crippen molar-refractivity contribution in [1.82, 2.24) is 10.3 Å². The quantitative estimate of drug-likeness (QED) is 0.862. The molecule has 1 saturated heterocycles. The van der Waals surface area contributed by atoms with E-state index < -0.39 is 0 Å². The van der Waals surface area contributed by atoms with E-state index in [1.54, 1.807) is 12.1 Å². The summed E-state index contributed by atoms with van der Waals surface area (Å²) in [6.07, 6.45) is 3.21. The van der Waals surface area contributed by atoms with Crippen molar-refractivity contribution in [3.8, 4) is 5.75 Å². The Morgan fingerprint density at radius 1 is 1.24 bits per heavy atom. The zero-order valence-electron chi connectivity index (χ0n) is 13.8. The summed E-state index contributed by atoms with van der Waals surface area (Å²) in [5.74, 6) is 0.821. The molecule has 0 saturated carbocycles. The number of hydrogen-bond donors (Lipinski definition) is 2. The molecule has 1 amide bonds. The number of benzene rings is 1. The Bertz CT molecular complexity index is 856. The van der Waals surface area contributed by atoms with E-state index in [1.807, 2.05) is 37.3 Å². The molecule has 6 heteroatoms. The lowest BCUT2D eigenvalue weighted by Crippen LogP contribution is -2.23. The fourth-order valence-corrected chi connectivity index (χ4v) is 2.93. The molecule has 3 rings (SSSR count). The Labute approximate surface area is 150 Å². The van der Waals surface area contributed by atoms with Crippen LogP contribution in [-0.4, -0.2) is 23.5 Å². The molecule has 130 valence electrons. The molecule has 2 aromatic rings. The van der Waals surface area contributed by atoms with Crippen LogP contribution in [0.1, 0.15) is 31.0 Å². The third-order valence-electron chi connectivity index (χ3n) is 4.02. The van der Waals surface area contributed by atoms with Crippen LogP contribution in [0.25, 0.3) is 5.57 Å².